The zero-order valence-corrected chi connectivity index (χ0v) is 19.3. The number of halogens is 1. The highest BCUT2D eigenvalue weighted by Gasteiger charge is 2.32. The molecule has 3 aromatic rings. The van der Waals surface area contributed by atoms with Crippen LogP contribution in [0.25, 0.3) is 0 Å². The number of nitrogens with zero attached hydrogens (tertiary/aromatic N) is 3. The number of benzene rings is 2. The normalized spacial score (nSPS) is 17.9. The number of nitrogens with one attached hydrogen (secondary N) is 1. The minimum Gasteiger partial charge on any atom is -0.482 e. The van der Waals surface area contributed by atoms with E-state index in [0.29, 0.717) is 23.8 Å². The summed E-state index contributed by atoms with van der Waals surface area (Å²) in [6.07, 6.45) is 2.51. The van der Waals surface area contributed by atoms with Crippen LogP contribution >= 0.6 is 11.6 Å². The molecule has 1 aliphatic carbocycles. The van der Waals surface area contributed by atoms with Crippen molar-refractivity contribution in [1.29, 1.82) is 0 Å². The van der Waals surface area contributed by atoms with Gasteiger partial charge in [-0.05, 0) is 36.5 Å². The smallest absolute Gasteiger partial charge is 0.265 e. The third kappa shape index (κ3) is 4.21. The molecule has 1 atom stereocenters. The van der Waals surface area contributed by atoms with Gasteiger partial charge in [0, 0.05) is 19.0 Å². The van der Waals surface area contributed by atoms with Crippen molar-refractivity contribution in [3.63, 3.8) is 0 Å². The van der Waals surface area contributed by atoms with Gasteiger partial charge in [-0.1, -0.05) is 41.0 Å². The van der Waals surface area contributed by atoms with Crippen LogP contribution in [0.4, 0.5) is 5.69 Å². The molecule has 11 heteroatoms. The molecule has 5 rings (SSSR count). The Labute approximate surface area is 195 Å². The summed E-state index contributed by atoms with van der Waals surface area (Å²) in [6, 6.07) is 10.3. The van der Waals surface area contributed by atoms with Gasteiger partial charge in [0.05, 0.1) is 17.3 Å². The second-order valence-electron chi connectivity index (χ2n) is 8.01. The summed E-state index contributed by atoms with van der Waals surface area (Å²) >= 11 is 6.42. The summed E-state index contributed by atoms with van der Waals surface area (Å²) in [7, 11) is -3.96. The van der Waals surface area contributed by atoms with Gasteiger partial charge in [0.2, 0.25) is 15.9 Å². The van der Waals surface area contributed by atoms with Crippen molar-refractivity contribution in [2.24, 2.45) is 0 Å². The van der Waals surface area contributed by atoms with Crippen molar-refractivity contribution in [2.75, 3.05) is 11.5 Å². The molecule has 0 unspecified atom stereocenters. The predicted octanol–water partition coefficient (Wildman–Crippen LogP) is 3.31. The van der Waals surface area contributed by atoms with Gasteiger partial charge in [0.25, 0.3) is 5.91 Å². The Bertz CT molecular complexity index is 1340. The van der Waals surface area contributed by atoms with Crippen molar-refractivity contribution >= 4 is 33.2 Å². The highest BCUT2D eigenvalue weighted by molar-refractivity contribution is 7.89. The first-order valence-electron chi connectivity index (χ1n) is 10.5. The second-order valence-corrected chi connectivity index (χ2v) is 10.1. The molecule has 9 nitrogen and oxygen atoms in total. The van der Waals surface area contributed by atoms with Crippen LogP contribution in [0.2, 0.25) is 5.02 Å². The fourth-order valence-corrected chi connectivity index (χ4v) is 6.04. The van der Waals surface area contributed by atoms with Gasteiger partial charge in [-0.25, -0.2) is 13.1 Å². The fourth-order valence-electron chi connectivity index (χ4n) is 4.26. The van der Waals surface area contributed by atoms with E-state index in [2.05, 4.69) is 14.9 Å². The molecule has 0 fully saturated rings. The summed E-state index contributed by atoms with van der Waals surface area (Å²) in [5.74, 6) is 0.608. The van der Waals surface area contributed by atoms with E-state index in [-0.39, 0.29) is 40.8 Å². The first kappa shape index (κ1) is 21.9. The molecule has 33 heavy (non-hydrogen) atoms. The minimum atomic E-state index is -3.96. The number of rotatable bonds is 5. The molecule has 1 aliphatic heterocycles. The highest BCUT2D eigenvalue weighted by Crippen LogP contribution is 2.40. The van der Waals surface area contributed by atoms with E-state index in [1.807, 2.05) is 24.3 Å². The van der Waals surface area contributed by atoms with Crippen LogP contribution in [0, 0.1) is 6.92 Å². The molecule has 172 valence electrons. The number of hydrogen-bond donors (Lipinski definition) is 1. The lowest BCUT2D eigenvalue weighted by atomic mass is 9.88. The fraction of sp³-hybridized carbons (Fsp3) is 0.318. The van der Waals surface area contributed by atoms with Crippen molar-refractivity contribution in [2.45, 2.75) is 43.7 Å². The largest absolute Gasteiger partial charge is 0.482 e. The van der Waals surface area contributed by atoms with Crippen LogP contribution < -0.4 is 14.4 Å². The van der Waals surface area contributed by atoms with E-state index in [9.17, 15) is 13.2 Å². The van der Waals surface area contributed by atoms with Gasteiger partial charge in [-0.15, -0.1) is 0 Å². The van der Waals surface area contributed by atoms with E-state index >= 15 is 0 Å². The first-order valence-corrected chi connectivity index (χ1v) is 12.3. The first-order chi connectivity index (χ1) is 15.8. The number of aryl methyl sites for hydroxylation is 2. The maximum absolute atomic E-state index is 13.3. The van der Waals surface area contributed by atoms with Crippen molar-refractivity contribution in [1.82, 2.24) is 14.9 Å². The number of carbonyl (C=O) groups is 1. The molecule has 0 saturated carbocycles. The predicted molar refractivity (Wildman–Crippen MR) is 120 cm³/mol. The lowest BCUT2D eigenvalue weighted by Gasteiger charge is -2.30. The van der Waals surface area contributed by atoms with E-state index in [1.54, 1.807) is 6.92 Å². The molecular weight excluding hydrogens is 468 g/mol. The van der Waals surface area contributed by atoms with E-state index in [1.165, 1.54) is 17.0 Å². The van der Waals surface area contributed by atoms with E-state index in [0.717, 1.165) is 24.0 Å². The third-order valence-electron chi connectivity index (χ3n) is 5.78. The quantitative estimate of drug-likeness (QED) is 0.585. The van der Waals surface area contributed by atoms with Gasteiger partial charge < -0.3 is 9.26 Å². The average Bonchev–Trinajstić information content (AvgIpc) is 3.20. The number of amides is 1. The van der Waals surface area contributed by atoms with Gasteiger partial charge >= 0.3 is 0 Å². The maximum atomic E-state index is 13.3. The lowest BCUT2D eigenvalue weighted by molar-refractivity contribution is -0.121. The molecule has 2 aliphatic rings. The van der Waals surface area contributed by atoms with E-state index < -0.39 is 10.0 Å². The number of sulfonamides is 1. The SMILES string of the molecule is Cc1nc(CN2C(=O)COc3cc(S(=O)(=O)N[C@H]4CCCc5ccccc54)c(Cl)cc32)no1. The number of hydrogen-bond acceptors (Lipinski definition) is 7. The van der Waals surface area contributed by atoms with Gasteiger partial charge in [0.15, 0.2) is 12.4 Å². The van der Waals surface area contributed by atoms with Gasteiger partial charge in [0.1, 0.15) is 10.6 Å². The number of anilines is 1. The number of fused-ring (bicyclic) bond motifs is 2. The third-order valence-corrected chi connectivity index (χ3v) is 7.72. The zero-order valence-electron chi connectivity index (χ0n) is 17.7. The second kappa shape index (κ2) is 8.44. The van der Waals surface area contributed by atoms with Crippen LogP contribution in [0.1, 0.15) is 41.7 Å². The summed E-state index contributed by atoms with van der Waals surface area (Å²) in [5, 5.41) is 3.80. The monoisotopic (exact) mass is 488 g/mol. The maximum Gasteiger partial charge on any atom is 0.265 e. The van der Waals surface area contributed by atoms with Gasteiger partial charge in [-0.3, -0.25) is 9.69 Å². The summed E-state index contributed by atoms with van der Waals surface area (Å²) < 4.78 is 39.9. The molecular formula is C22H21ClN4O5S. The molecule has 0 spiro atoms. The Kier molecular flexibility index (Phi) is 5.59. The van der Waals surface area contributed by atoms with Crippen LogP contribution in [-0.4, -0.2) is 31.1 Å². The van der Waals surface area contributed by atoms with Crippen LogP contribution in [0.5, 0.6) is 5.75 Å². The molecule has 1 amide bonds. The van der Waals surface area contributed by atoms with Crippen LogP contribution in [0.3, 0.4) is 0 Å². The molecule has 2 aromatic carbocycles. The van der Waals surface area contributed by atoms with Gasteiger partial charge in [-0.2, -0.15) is 4.98 Å². The lowest BCUT2D eigenvalue weighted by Crippen LogP contribution is -2.39. The highest BCUT2D eigenvalue weighted by atomic mass is 35.5. The Hall–Kier alpha value is -2.95. The molecule has 0 bridgehead atoms. The Morgan fingerprint density at radius 3 is 2.88 bits per heavy atom. The molecule has 0 radical (unpaired) electrons. The summed E-state index contributed by atoms with van der Waals surface area (Å²) in [4.78, 5) is 17.9. The number of aromatic nitrogens is 2. The van der Waals surface area contributed by atoms with Crippen molar-refractivity contribution in [3.8, 4) is 5.75 Å². The minimum absolute atomic E-state index is 0.0158. The zero-order chi connectivity index (χ0) is 23.2. The average molecular weight is 489 g/mol. The Morgan fingerprint density at radius 2 is 2.09 bits per heavy atom. The summed E-state index contributed by atoms with van der Waals surface area (Å²) in [5.41, 5.74) is 2.47. The Balaban J connectivity index is 1.46. The van der Waals surface area contributed by atoms with Crippen molar-refractivity contribution in [3.05, 3.63) is 64.3 Å². The molecule has 2 heterocycles. The van der Waals surface area contributed by atoms with Crippen molar-refractivity contribution < 1.29 is 22.5 Å². The molecule has 0 saturated heterocycles. The topological polar surface area (TPSA) is 115 Å². The Morgan fingerprint density at radius 1 is 1.27 bits per heavy atom. The molecule has 1 aromatic heterocycles. The molecule has 1 N–H and O–H groups in total. The van der Waals surface area contributed by atoms with Crippen LogP contribution in [0.15, 0.2) is 45.8 Å². The summed E-state index contributed by atoms with van der Waals surface area (Å²) in [6.45, 7) is 1.46. The number of carbonyl (C=O) groups excluding carboxylic acids is 1. The number of ether oxygens (including phenoxy) is 1. The van der Waals surface area contributed by atoms with Crippen LogP contribution in [-0.2, 0) is 27.8 Å². The van der Waals surface area contributed by atoms with E-state index in [4.69, 9.17) is 20.9 Å². The standard InChI is InChI=1S/C22H21ClN4O5S/c1-13-24-21(25-32-13)11-27-18-9-16(23)20(10-19(18)31-12-22(27)28)33(29,30)26-17-8-4-6-14-5-2-3-7-15(14)17/h2-3,5,7,9-10,17,26H,4,6,8,11-12H2,1H3/t17-/m0/s1.